The number of benzene rings is 1. The van der Waals surface area contributed by atoms with Crippen LogP contribution in [0.15, 0.2) is 23.4 Å². The lowest BCUT2D eigenvalue weighted by atomic mass is 9.74. The molecule has 2 aliphatic rings. The number of hydrogen-bond donors (Lipinski definition) is 2. The van der Waals surface area contributed by atoms with Gasteiger partial charge in [0.2, 0.25) is 0 Å². The normalized spacial score (nSPS) is 24.6. The van der Waals surface area contributed by atoms with Gasteiger partial charge in [0.1, 0.15) is 11.9 Å². The maximum absolute atomic E-state index is 8.87. The molecule has 0 radical (unpaired) electrons. The summed E-state index contributed by atoms with van der Waals surface area (Å²) in [7, 11) is 0. The van der Waals surface area contributed by atoms with Gasteiger partial charge in [0.25, 0.3) is 0 Å². The highest BCUT2D eigenvalue weighted by Gasteiger charge is 2.43. The smallest absolute Gasteiger partial charge is 0.173 e. The molecule has 1 aromatic carbocycles. The third-order valence-electron chi connectivity index (χ3n) is 4.33. The topological polar surface area (TPSA) is 77.1 Å². The average Bonchev–Trinajstić information content (AvgIpc) is 2.45. The molecule has 1 saturated carbocycles. The average molecular weight is 311 g/mol. The summed E-state index contributed by atoms with van der Waals surface area (Å²) in [5.74, 6) is 0.575. The highest BCUT2D eigenvalue weighted by atomic mass is 35.5. The first-order valence-electron chi connectivity index (χ1n) is 7.20. The fourth-order valence-electron chi connectivity index (χ4n) is 3.04. The molecule has 6 heteroatoms. The van der Waals surface area contributed by atoms with Gasteiger partial charge < -0.3 is 20.4 Å². The van der Waals surface area contributed by atoms with Crippen molar-refractivity contribution in [1.29, 1.82) is 0 Å². The van der Waals surface area contributed by atoms with E-state index in [4.69, 9.17) is 32.0 Å². The van der Waals surface area contributed by atoms with Crippen molar-refractivity contribution in [1.82, 2.24) is 0 Å². The van der Waals surface area contributed by atoms with Crippen molar-refractivity contribution in [3.05, 3.63) is 28.8 Å². The number of halogens is 1. The highest BCUT2D eigenvalue weighted by molar-refractivity contribution is 6.30. The molecule has 114 valence electrons. The van der Waals surface area contributed by atoms with Crippen molar-refractivity contribution in [2.45, 2.75) is 43.8 Å². The first-order valence-corrected chi connectivity index (χ1v) is 7.58. The van der Waals surface area contributed by atoms with E-state index < -0.39 is 0 Å². The van der Waals surface area contributed by atoms with Crippen LogP contribution in [0.5, 0.6) is 5.75 Å². The molecule has 1 spiro atoms. The van der Waals surface area contributed by atoms with Gasteiger partial charge in [-0.05, 0) is 37.5 Å². The van der Waals surface area contributed by atoms with Crippen LogP contribution in [0.1, 0.15) is 37.7 Å². The lowest BCUT2D eigenvalue weighted by molar-refractivity contribution is -0.153. The second-order valence-electron chi connectivity index (χ2n) is 5.74. The molecule has 1 aliphatic carbocycles. The van der Waals surface area contributed by atoms with Crippen LogP contribution in [0.25, 0.3) is 0 Å². The Morgan fingerprint density at radius 3 is 2.95 bits per heavy atom. The van der Waals surface area contributed by atoms with E-state index in [0.717, 1.165) is 25.7 Å². The molecule has 3 N–H and O–H groups in total. The van der Waals surface area contributed by atoms with Gasteiger partial charge >= 0.3 is 0 Å². The molecule has 1 saturated heterocycles. The summed E-state index contributed by atoms with van der Waals surface area (Å²) in [6.07, 6.45) is 5.23. The third-order valence-corrected chi connectivity index (χ3v) is 4.57. The Morgan fingerprint density at radius 2 is 2.29 bits per heavy atom. The van der Waals surface area contributed by atoms with E-state index in [9.17, 15) is 0 Å². The Bertz CT molecular complexity index is 558. The van der Waals surface area contributed by atoms with E-state index in [1.165, 1.54) is 6.42 Å². The summed E-state index contributed by atoms with van der Waals surface area (Å²) in [6.45, 7) is 0.712. The summed E-state index contributed by atoms with van der Waals surface area (Å²) in [5, 5.41) is 12.5. The van der Waals surface area contributed by atoms with Crippen molar-refractivity contribution < 1.29 is 14.7 Å². The van der Waals surface area contributed by atoms with Gasteiger partial charge in [0.15, 0.2) is 5.84 Å². The molecule has 1 atom stereocenters. The molecular formula is C15H19ClN2O3. The van der Waals surface area contributed by atoms with E-state index in [1.807, 2.05) is 0 Å². The maximum Gasteiger partial charge on any atom is 0.173 e. The lowest BCUT2D eigenvalue weighted by Gasteiger charge is -2.47. The largest absolute Gasteiger partial charge is 0.489 e. The predicted molar refractivity (Wildman–Crippen MR) is 80.1 cm³/mol. The maximum atomic E-state index is 8.87. The minimum Gasteiger partial charge on any atom is -0.489 e. The molecule has 0 aromatic heterocycles. The van der Waals surface area contributed by atoms with Crippen molar-refractivity contribution >= 4 is 17.4 Å². The van der Waals surface area contributed by atoms with E-state index in [0.29, 0.717) is 22.9 Å². The highest BCUT2D eigenvalue weighted by Crippen LogP contribution is 2.43. The van der Waals surface area contributed by atoms with Gasteiger partial charge in [-0.1, -0.05) is 16.8 Å². The predicted octanol–water partition coefficient (Wildman–Crippen LogP) is 2.92. The number of rotatable bonds is 3. The Morgan fingerprint density at radius 1 is 1.48 bits per heavy atom. The lowest BCUT2D eigenvalue weighted by Crippen LogP contribution is -2.48. The van der Waals surface area contributed by atoms with Gasteiger partial charge in [-0.3, -0.25) is 0 Å². The number of nitrogens with zero attached hydrogens (tertiary/aromatic N) is 1. The standard InChI is InChI=1S/C15H19ClN2O3/c16-10-2-3-12(14(17)18-19)13(8-10)21-11-4-7-20-15(9-11)5-1-6-15/h2-3,8,11,19H,1,4-7,9H2,(H2,17,18). The fourth-order valence-corrected chi connectivity index (χ4v) is 3.20. The first kappa shape index (κ1) is 14.5. The van der Waals surface area contributed by atoms with Crippen molar-refractivity contribution in [3.63, 3.8) is 0 Å². The number of oxime groups is 1. The zero-order valence-corrected chi connectivity index (χ0v) is 12.5. The Labute approximate surface area is 128 Å². The second-order valence-corrected chi connectivity index (χ2v) is 6.18. The molecule has 1 unspecified atom stereocenters. The van der Waals surface area contributed by atoms with Gasteiger partial charge in [0, 0.05) is 17.9 Å². The quantitative estimate of drug-likeness (QED) is 0.389. The summed E-state index contributed by atoms with van der Waals surface area (Å²) >= 11 is 6.03. The first-order chi connectivity index (χ1) is 10.1. The van der Waals surface area contributed by atoms with E-state index in [2.05, 4.69) is 5.16 Å². The Kier molecular flexibility index (Phi) is 3.95. The summed E-state index contributed by atoms with van der Waals surface area (Å²) < 4.78 is 12.0. The molecule has 0 amide bonds. The van der Waals surface area contributed by atoms with Gasteiger partial charge in [-0.15, -0.1) is 0 Å². The second kappa shape index (κ2) is 5.73. The molecule has 0 bridgehead atoms. The Hall–Kier alpha value is -1.46. The van der Waals surface area contributed by atoms with Crippen LogP contribution in [0.2, 0.25) is 5.02 Å². The van der Waals surface area contributed by atoms with Gasteiger partial charge in [0.05, 0.1) is 17.8 Å². The SMILES string of the molecule is N/C(=N/O)c1ccc(Cl)cc1OC1CCOC2(CCC2)C1. The molecule has 21 heavy (non-hydrogen) atoms. The zero-order valence-electron chi connectivity index (χ0n) is 11.7. The number of amidine groups is 1. The number of hydrogen-bond acceptors (Lipinski definition) is 4. The molecule has 2 fully saturated rings. The van der Waals surface area contributed by atoms with Gasteiger partial charge in [-0.25, -0.2) is 0 Å². The molecular weight excluding hydrogens is 292 g/mol. The van der Waals surface area contributed by atoms with Gasteiger partial charge in [-0.2, -0.15) is 0 Å². The molecule has 5 nitrogen and oxygen atoms in total. The Balaban J connectivity index is 1.79. The third kappa shape index (κ3) is 2.94. The van der Waals surface area contributed by atoms with Crippen molar-refractivity contribution in [3.8, 4) is 5.75 Å². The molecule has 1 aliphatic heterocycles. The van der Waals surface area contributed by atoms with Crippen LogP contribution in [-0.4, -0.2) is 29.4 Å². The van der Waals surface area contributed by atoms with Crippen LogP contribution in [0.3, 0.4) is 0 Å². The van der Waals surface area contributed by atoms with Crippen LogP contribution >= 0.6 is 11.6 Å². The zero-order chi connectivity index (χ0) is 14.9. The van der Waals surface area contributed by atoms with Crippen LogP contribution in [0, 0.1) is 0 Å². The van der Waals surface area contributed by atoms with Crippen molar-refractivity contribution in [2.24, 2.45) is 10.9 Å². The minimum atomic E-state index is 0.0122. The number of nitrogens with two attached hydrogens (primary N) is 1. The van der Waals surface area contributed by atoms with Crippen LogP contribution in [0.4, 0.5) is 0 Å². The van der Waals surface area contributed by atoms with E-state index >= 15 is 0 Å². The molecule has 1 aromatic rings. The number of ether oxygens (including phenoxy) is 2. The van der Waals surface area contributed by atoms with E-state index in [-0.39, 0.29) is 17.5 Å². The monoisotopic (exact) mass is 310 g/mol. The summed E-state index contributed by atoms with van der Waals surface area (Å²) in [6, 6.07) is 5.10. The summed E-state index contributed by atoms with van der Waals surface area (Å²) in [4.78, 5) is 0. The summed E-state index contributed by atoms with van der Waals surface area (Å²) in [5.41, 5.74) is 6.26. The fraction of sp³-hybridized carbons (Fsp3) is 0.533. The minimum absolute atomic E-state index is 0.0122. The molecule has 3 rings (SSSR count). The van der Waals surface area contributed by atoms with E-state index in [1.54, 1.807) is 18.2 Å². The molecule has 1 heterocycles. The van der Waals surface area contributed by atoms with Crippen LogP contribution < -0.4 is 10.5 Å². The van der Waals surface area contributed by atoms with Crippen LogP contribution in [-0.2, 0) is 4.74 Å². The van der Waals surface area contributed by atoms with Crippen molar-refractivity contribution in [2.75, 3.05) is 6.61 Å².